The van der Waals surface area contributed by atoms with Gasteiger partial charge in [0.2, 0.25) is 0 Å². The van der Waals surface area contributed by atoms with Crippen LogP contribution in [0.4, 0.5) is 0 Å². The standard InChI is InChI=1S/C14H12N4O/c1-10-16-14(19)12-7-8-15-17-13(12)18(10)9-11-5-3-2-4-6-11/h2-8H,9H2,1H3. The monoisotopic (exact) mass is 252 g/mol. The Morgan fingerprint density at radius 1 is 1.16 bits per heavy atom. The van der Waals surface area contributed by atoms with Crippen molar-refractivity contribution in [2.45, 2.75) is 13.5 Å². The van der Waals surface area contributed by atoms with Crippen LogP contribution in [0, 0.1) is 6.92 Å². The quantitative estimate of drug-likeness (QED) is 0.694. The molecule has 1 aromatic carbocycles. The highest BCUT2D eigenvalue weighted by Gasteiger charge is 2.09. The summed E-state index contributed by atoms with van der Waals surface area (Å²) in [6.07, 6.45) is 1.51. The predicted octanol–water partition coefficient (Wildman–Crippen LogP) is 1.54. The first-order valence-electron chi connectivity index (χ1n) is 5.98. The Balaban J connectivity index is 2.21. The van der Waals surface area contributed by atoms with Crippen molar-refractivity contribution < 1.29 is 0 Å². The molecule has 3 aromatic rings. The van der Waals surface area contributed by atoms with Crippen molar-refractivity contribution in [1.82, 2.24) is 19.7 Å². The normalized spacial score (nSPS) is 10.8. The minimum absolute atomic E-state index is 0.258. The molecule has 5 heteroatoms. The van der Waals surface area contributed by atoms with Gasteiger partial charge in [-0.05, 0) is 18.6 Å². The molecule has 0 amide bonds. The molecule has 0 spiro atoms. The Kier molecular flexibility index (Phi) is 2.79. The van der Waals surface area contributed by atoms with Gasteiger partial charge in [0.1, 0.15) is 5.82 Å². The number of hydrogen-bond donors (Lipinski definition) is 0. The summed E-state index contributed by atoms with van der Waals surface area (Å²) in [4.78, 5) is 15.8. The number of hydrogen-bond acceptors (Lipinski definition) is 4. The molecule has 0 saturated heterocycles. The Hall–Kier alpha value is -2.56. The van der Waals surface area contributed by atoms with E-state index in [1.165, 1.54) is 6.20 Å². The van der Waals surface area contributed by atoms with Crippen molar-refractivity contribution in [3.05, 3.63) is 64.3 Å². The molecule has 94 valence electrons. The van der Waals surface area contributed by atoms with E-state index in [0.29, 0.717) is 23.4 Å². The Morgan fingerprint density at radius 3 is 2.74 bits per heavy atom. The number of aromatic nitrogens is 4. The van der Waals surface area contributed by atoms with Crippen LogP contribution in [0.3, 0.4) is 0 Å². The molecule has 0 aliphatic carbocycles. The van der Waals surface area contributed by atoms with E-state index in [1.54, 1.807) is 13.0 Å². The van der Waals surface area contributed by atoms with Gasteiger partial charge in [-0.1, -0.05) is 30.3 Å². The van der Waals surface area contributed by atoms with Crippen LogP contribution in [0.5, 0.6) is 0 Å². The molecule has 0 aliphatic heterocycles. The zero-order chi connectivity index (χ0) is 13.2. The molecule has 2 heterocycles. The van der Waals surface area contributed by atoms with Crippen LogP contribution in [0.1, 0.15) is 11.4 Å². The maximum Gasteiger partial charge on any atom is 0.282 e. The molecule has 0 fully saturated rings. The number of nitrogens with zero attached hydrogens (tertiary/aromatic N) is 4. The molecule has 0 bridgehead atoms. The van der Waals surface area contributed by atoms with Crippen LogP contribution >= 0.6 is 0 Å². The molecule has 3 rings (SSSR count). The fourth-order valence-electron chi connectivity index (χ4n) is 2.07. The Morgan fingerprint density at radius 2 is 1.95 bits per heavy atom. The molecule has 0 radical (unpaired) electrons. The van der Waals surface area contributed by atoms with Crippen LogP contribution in [0.2, 0.25) is 0 Å². The lowest BCUT2D eigenvalue weighted by Crippen LogP contribution is -2.18. The first kappa shape index (κ1) is 11.5. The van der Waals surface area contributed by atoms with E-state index in [-0.39, 0.29) is 5.56 Å². The minimum Gasteiger partial charge on any atom is -0.308 e. The zero-order valence-electron chi connectivity index (χ0n) is 10.4. The van der Waals surface area contributed by atoms with Crippen molar-refractivity contribution in [1.29, 1.82) is 0 Å². The van der Waals surface area contributed by atoms with Crippen molar-refractivity contribution in [2.75, 3.05) is 0 Å². The summed E-state index contributed by atoms with van der Waals surface area (Å²) >= 11 is 0. The van der Waals surface area contributed by atoms with Gasteiger partial charge in [-0.15, -0.1) is 5.10 Å². The van der Waals surface area contributed by atoms with E-state index in [2.05, 4.69) is 15.2 Å². The van der Waals surface area contributed by atoms with Crippen LogP contribution in [-0.4, -0.2) is 19.7 Å². The van der Waals surface area contributed by atoms with Gasteiger partial charge in [-0.2, -0.15) is 10.1 Å². The maximum absolute atomic E-state index is 11.8. The smallest absolute Gasteiger partial charge is 0.282 e. The largest absolute Gasteiger partial charge is 0.308 e. The first-order chi connectivity index (χ1) is 9.25. The summed E-state index contributed by atoms with van der Waals surface area (Å²) in [6.45, 7) is 2.42. The molecule has 0 atom stereocenters. The number of rotatable bonds is 2. The lowest BCUT2D eigenvalue weighted by Gasteiger charge is -2.11. The van der Waals surface area contributed by atoms with E-state index in [4.69, 9.17) is 0 Å². The Labute approximate surface area is 109 Å². The first-order valence-corrected chi connectivity index (χ1v) is 5.98. The van der Waals surface area contributed by atoms with Crippen molar-refractivity contribution >= 4 is 11.0 Å². The fraction of sp³-hybridized carbons (Fsp3) is 0.143. The molecule has 5 nitrogen and oxygen atoms in total. The van der Waals surface area contributed by atoms with Gasteiger partial charge in [0.25, 0.3) is 5.56 Å². The van der Waals surface area contributed by atoms with Gasteiger partial charge < -0.3 is 4.57 Å². The lowest BCUT2D eigenvalue weighted by atomic mass is 10.2. The highest BCUT2D eigenvalue weighted by molar-refractivity contribution is 5.73. The summed E-state index contributed by atoms with van der Waals surface area (Å²) in [5, 5.41) is 8.43. The minimum atomic E-state index is -0.258. The van der Waals surface area contributed by atoms with Crippen LogP contribution in [0.15, 0.2) is 47.4 Å². The van der Waals surface area contributed by atoms with Crippen LogP contribution < -0.4 is 5.56 Å². The van der Waals surface area contributed by atoms with Crippen LogP contribution in [-0.2, 0) is 6.54 Å². The SMILES string of the molecule is Cc1nc(=O)c2ccnnc2n1Cc1ccccc1. The fourth-order valence-corrected chi connectivity index (χ4v) is 2.07. The third-order valence-electron chi connectivity index (χ3n) is 3.02. The van der Waals surface area contributed by atoms with Crippen molar-refractivity contribution in [2.24, 2.45) is 0 Å². The third-order valence-corrected chi connectivity index (χ3v) is 3.02. The lowest BCUT2D eigenvalue weighted by molar-refractivity contribution is 0.738. The highest BCUT2D eigenvalue weighted by atomic mass is 16.1. The predicted molar refractivity (Wildman–Crippen MR) is 71.9 cm³/mol. The average Bonchev–Trinajstić information content (AvgIpc) is 2.45. The molecule has 0 unspecified atom stereocenters. The second-order valence-electron chi connectivity index (χ2n) is 4.30. The molecule has 2 aromatic heterocycles. The van der Waals surface area contributed by atoms with Crippen molar-refractivity contribution in [3.8, 4) is 0 Å². The summed E-state index contributed by atoms with van der Waals surface area (Å²) in [7, 11) is 0. The van der Waals surface area contributed by atoms with Gasteiger partial charge in [0.15, 0.2) is 5.65 Å². The van der Waals surface area contributed by atoms with E-state index >= 15 is 0 Å². The number of aryl methyl sites for hydroxylation is 1. The molecular formula is C14H12N4O. The van der Waals surface area contributed by atoms with Crippen LogP contribution in [0.25, 0.3) is 11.0 Å². The zero-order valence-corrected chi connectivity index (χ0v) is 10.4. The van der Waals surface area contributed by atoms with Gasteiger partial charge in [-0.3, -0.25) is 4.79 Å². The van der Waals surface area contributed by atoms with E-state index < -0.39 is 0 Å². The summed E-state index contributed by atoms with van der Waals surface area (Å²) in [5.74, 6) is 0.641. The molecule has 0 saturated carbocycles. The molecule has 0 N–H and O–H groups in total. The molecular weight excluding hydrogens is 240 g/mol. The van der Waals surface area contributed by atoms with Gasteiger partial charge >= 0.3 is 0 Å². The van der Waals surface area contributed by atoms with Gasteiger partial charge in [0, 0.05) is 0 Å². The average molecular weight is 252 g/mol. The highest BCUT2D eigenvalue weighted by Crippen LogP contribution is 2.10. The number of benzene rings is 1. The van der Waals surface area contributed by atoms with Gasteiger partial charge in [-0.25, -0.2) is 0 Å². The van der Waals surface area contributed by atoms with E-state index in [9.17, 15) is 4.79 Å². The maximum atomic E-state index is 11.8. The topological polar surface area (TPSA) is 60.7 Å². The van der Waals surface area contributed by atoms with Gasteiger partial charge in [0.05, 0.1) is 18.1 Å². The second-order valence-corrected chi connectivity index (χ2v) is 4.30. The van der Waals surface area contributed by atoms with Crippen molar-refractivity contribution in [3.63, 3.8) is 0 Å². The third kappa shape index (κ3) is 2.10. The number of fused-ring (bicyclic) bond motifs is 1. The summed E-state index contributed by atoms with van der Waals surface area (Å²) < 4.78 is 1.90. The van der Waals surface area contributed by atoms with E-state index in [0.717, 1.165) is 5.56 Å². The summed E-state index contributed by atoms with van der Waals surface area (Å²) in [5.41, 5.74) is 1.44. The summed E-state index contributed by atoms with van der Waals surface area (Å²) in [6, 6.07) is 11.6. The molecule has 19 heavy (non-hydrogen) atoms. The Bertz CT molecular complexity index is 780. The second kappa shape index (κ2) is 4.61. The molecule has 0 aliphatic rings. The van der Waals surface area contributed by atoms with E-state index in [1.807, 2.05) is 34.9 Å².